The number of benzene rings is 2. The molecule has 1 aromatic heterocycles. The summed E-state index contributed by atoms with van der Waals surface area (Å²) in [4.78, 5) is 3.31. The summed E-state index contributed by atoms with van der Waals surface area (Å²) in [5.74, 6) is 0. The van der Waals surface area contributed by atoms with Crippen LogP contribution in [0.25, 0.3) is 10.9 Å². The summed E-state index contributed by atoms with van der Waals surface area (Å²) in [5, 5.41) is 4.87. The third kappa shape index (κ3) is 2.79. The van der Waals surface area contributed by atoms with E-state index in [-0.39, 0.29) is 0 Å². The van der Waals surface area contributed by atoms with Crippen LogP contribution in [0.15, 0.2) is 59.2 Å². The molecule has 0 saturated heterocycles. The smallest absolute Gasteiger partial charge is 0.0457 e. The Balaban J connectivity index is 1.71. The van der Waals surface area contributed by atoms with Crippen molar-refractivity contribution in [2.75, 3.05) is 0 Å². The number of rotatable bonds is 4. The van der Waals surface area contributed by atoms with Crippen molar-refractivity contribution in [2.24, 2.45) is 0 Å². The Labute approximate surface area is 127 Å². The maximum atomic E-state index is 3.58. The molecule has 1 atom stereocenters. The van der Waals surface area contributed by atoms with Crippen molar-refractivity contribution in [2.45, 2.75) is 19.5 Å². The Morgan fingerprint density at radius 2 is 1.85 bits per heavy atom. The van der Waals surface area contributed by atoms with Crippen LogP contribution in [-0.2, 0) is 6.54 Å². The SMILES string of the molecule is C[C@H](NCc1c[nH]c2ccccc12)c1ccc(Br)cc1. The number of para-hydroxylation sites is 1. The molecule has 2 aromatic carbocycles. The van der Waals surface area contributed by atoms with Crippen LogP contribution in [0.1, 0.15) is 24.1 Å². The first-order valence-corrected chi connectivity index (χ1v) is 7.57. The monoisotopic (exact) mass is 328 g/mol. The molecule has 0 bridgehead atoms. The number of nitrogens with one attached hydrogen (secondary N) is 2. The second kappa shape index (κ2) is 5.81. The molecule has 1 heterocycles. The molecule has 2 N–H and O–H groups in total. The Kier molecular flexibility index (Phi) is 3.90. The van der Waals surface area contributed by atoms with Crippen molar-refractivity contribution < 1.29 is 0 Å². The molecule has 0 aliphatic rings. The lowest BCUT2D eigenvalue weighted by molar-refractivity contribution is 0.576. The van der Waals surface area contributed by atoms with Crippen molar-refractivity contribution in [3.63, 3.8) is 0 Å². The van der Waals surface area contributed by atoms with Crippen LogP contribution in [-0.4, -0.2) is 4.98 Å². The highest BCUT2D eigenvalue weighted by Gasteiger charge is 2.07. The highest BCUT2D eigenvalue weighted by Crippen LogP contribution is 2.20. The fourth-order valence-electron chi connectivity index (χ4n) is 2.41. The zero-order valence-corrected chi connectivity index (χ0v) is 12.9. The minimum absolute atomic E-state index is 0.330. The summed E-state index contributed by atoms with van der Waals surface area (Å²) in [7, 11) is 0. The molecule has 2 nitrogen and oxygen atoms in total. The first-order valence-electron chi connectivity index (χ1n) is 6.78. The van der Waals surface area contributed by atoms with Gasteiger partial charge in [-0.3, -0.25) is 0 Å². The maximum Gasteiger partial charge on any atom is 0.0457 e. The van der Waals surface area contributed by atoms with E-state index < -0.39 is 0 Å². The molecule has 0 aliphatic carbocycles. The van der Waals surface area contributed by atoms with Gasteiger partial charge in [-0.05, 0) is 36.2 Å². The lowest BCUT2D eigenvalue weighted by atomic mass is 10.1. The second-order valence-corrected chi connectivity index (χ2v) is 5.93. The van der Waals surface area contributed by atoms with Crippen LogP contribution >= 0.6 is 15.9 Å². The molecule has 3 aromatic rings. The van der Waals surface area contributed by atoms with Crippen LogP contribution in [0, 0.1) is 0 Å². The van der Waals surface area contributed by atoms with E-state index in [0.717, 1.165) is 11.0 Å². The summed E-state index contributed by atoms with van der Waals surface area (Å²) >= 11 is 3.47. The van der Waals surface area contributed by atoms with Crippen molar-refractivity contribution in [3.05, 3.63) is 70.3 Å². The quantitative estimate of drug-likeness (QED) is 0.708. The summed E-state index contributed by atoms with van der Waals surface area (Å²) in [6, 6.07) is 17.2. The summed E-state index contributed by atoms with van der Waals surface area (Å²) in [5.41, 5.74) is 3.80. The van der Waals surface area contributed by atoms with E-state index in [9.17, 15) is 0 Å². The summed E-state index contributed by atoms with van der Waals surface area (Å²) in [6.07, 6.45) is 2.09. The first kappa shape index (κ1) is 13.4. The van der Waals surface area contributed by atoms with E-state index in [0.29, 0.717) is 6.04 Å². The third-order valence-corrected chi connectivity index (χ3v) is 4.17. The minimum atomic E-state index is 0.330. The number of hydrogen-bond donors (Lipinski definition) is 2. The van der Waals surface area contributed by atoms with Crippen molar-refractivity contribution in [1.29, 1.82) is 0 Å². The second-order valence-electron chi connectivity index (χ2n) is 5.01. The van der Waals surface area contributed by atoms with E-state index in [1.165, 1.54) is 22.0 Å². The molecule has 102 valence electrons. The third-order valence-electron chi connectivity index (χ3n) is 3.64. The maximum absolute atomic E-state index is 3.58. The van der Waals surface area contributed by atoms with Gasteiger partial charge in [-0.2, -0.15) is 0 Å². The van der Waals surface area contributed by atoms with Crippen LogP contribution in [0.5, 0.6) is 0 Å². The largest absolute Gasteiger partial charge is 0.361 e. The predicted molar refractivity (Wildman–Crippen MR) is 87.7 cm³/mol. The Morgan fingerprint density at radius 1 is 1.10 bits per heavy atom. The fourth-order valence-corrected chi connectivity index (χ4v) is 2.67. The van der Waals surface area contributed by atoms with Gasteiger partial charge in [-0.25, -0.2) is 0 Å². The van der Waals surface area contributed by atoms with Gasteiger partial charge >= 0.3 is 0 Å². The molecular formula is C17H17BrN2. The standard InChI is InChI=1S/C17H17BrN2/c1-12(13-6-8-15(18)9-7-13)19-10-14-11-20-17-5-3-2-4-16(14)17/h2-9,11-12,19-20H,10H2,1H3/t12-/m0/s1. The van der Waals surface area contributed by atoms with Gasteiger partial charge in [-0.15, -0.1) is 0 Å². The van der Waals surface area contributed by atoms with E-state index in [4.69, 9.17) is 0 Å². The molecule has 0 aliphatic heterocycles. The molecule has 0 unspecified atom stereocenters. The van der Waals surface area contributed by atoms with Gasteiger partial charge in [0.15, 0.2) is 0 Å². The first-order chi connectivity index (χ1) is 9.74. The van der Waals surface area contributed by atoms with Gasteiger partial charge < -0.3 is 10.3 Å². The molecule has 3 heteroatoms. The van der Waals surface area contributed by atoms with Gasteiger partial charge in [0.05, 0.1) is 0 Å². The summed E-state index contributed by atoms with van der Waals surface area (Å²) < 4.78 is 1.12. The zero-order valence-electron chi connectivity index (χ0n) is 11.4. The number of hydrogen-bond acceptors (Lipinski definition) is 1. The molecule has 0 saturated carbocycles. The van der Waals surface area contributed by atoms with Crippen LogP contribution in [0.2, 0.25) is 0 Å². The molecule has 3 rings (SSSR count). The molecule has 0 spiro atoms. The lowest BCUT2D eigenvalue weighted by Gasteiger charge is -2.14. The molecule has 0 amide bonds. The average molecular weight is 329 g/mol. The van der Waals surface area contributed by atoms with Gasteiger partial charge in [0.1, 0.15) is 0 Å². The fraction of sp³-hybridized carbons (Fsp3) is 0.176. The normalized spacial score (nSPS) is 12.7. The predicted octanol–water partition coefficient (Wildman–Crippen LogP) is 4.78. The van der Waals surface area contributed by atoms with E-state index in [2.05, 4.69) is 87.9 Å². The minimum Gasteiger partial charge on any atom is -0.361 e. The van der Waals surface area contributed by atoms with Crippen molar-refractivity contribution in [3.8, 4) is 0 Å². The van der Waals surface area contributed by atoms with E-state index >= 15 is 0 Å². The highest BCUT2D eigenvalue weighted by atomic mass is 79.9. The lowest BCUT2D eigenvalue weighted by Crippen LogP contribution is -2.17. The van der Waals surface area contributed by atoms with Gasteiger partial charge in [0.25, 0.3) is 0 Å². The van der Waals surface area contributed by atoms with E-state index in [1.54, 1.807) is 0 Å². The van der Waals surface area contributed by atoms with Gasteiger partial charge in [0, 0.05) is 34.2 Å². The van der Waals surface area contributed by atoms with Crippen LogP contribution in [0.3, 0.4) is 0 Å². The van der Waals surface area contributed by atoms with Crippen molar-refractivity contribution >= 4 is 26.8 Å². The Bertz CT molecular complexity index is 700. The molecule has 0 fully saturated rings. The van der Waals surface area contributed by atoms with E-state index in [1.807, 2.05) is 0 Å². The zero-order chi connectivity index (χ0) is 13.9. The molecule has 0 radical (unpaired) electrons. The number of fused-ring (bicyclic) bond motifs is 1. The van der Waals surface area contributed by atoms with Crippen molar-refractivity contribution in [1.82, 2.24) is 10.3 Å². The number of aromatic nitrogens is 1. The van der Waals surface area contributed by atoms with Gasteiger partial charge in [0.2, 0.25) is 0 Å². The highest BCUT2D eigenvalue weighted by molar-refractivity contribution is 9.10. The Morgan fingerprint density at radius 3 is 2.65 bits per heavy atom. The average Bonchev–Trinajstić information content (AvgIpc) is 2.89. The number of halogens is 1. The number of H-pyrrole nitrogens is 1. The van der Waals surface area contributed by atoms with Crippen LogP contribution < -0.4 is 5.32 Å². The van der Waals surface area contributed by atoms with Gasteiger partial charge in [-0.1, -0.05) is 46.3 Å². The topological polar surface area (TPSA) is 27.8 Å². The Hall–Kier alpha value is -1.58. The molecular weight excluding hydrogens is 312 g/mol. The number of aromatic amines is 1. The molecule has 20 heavy (non-hydrogen) atoms. The van der Waals surface area contributed by atoms with Crippen LogP contribution in [0.4, 0.5) is 0 Å². The summed E-state index contributed by atoms with van der Waals surface area (Å²) in [6.45, 7) is 3.05.